The molecular weight excluding hydrogens is 418 g/mol. The normalized spacial score (nSPS) is 16.5. The zero-order valence-corrected chi connectivity index (χ0v) is 19.6. The molecule has 1 fully saturated rings. The molecule has 0 saturated carbocycles. The van der Waals surface area contributed by atoms with Crippen molar-refractivity contribution in [3.8, 4) is 22.4 Å². The summed E-state index contributed by atoms with van der Waals surface area (Å²) >= 11 is 1.68. The average Bonchev–Trinajstić information content (AvgIpc) is 3.21. The van der Waals surface area contributed by atoms with Gasteiger partial charge in [-0.1, -0.05) is 18.2 Å². The molecule has 1 aliphatic carbocycles. The van der Waals surface area contributed by atoms with Crippen LogP contribution in [0.5, 0.6) is 0 Å². The van der Waals surface area contributed by atoms with Crippen molar-refractivity contribution in [3.63, 3.8) is 0 Å². The average molecular weight is 448 g/mol. The number of anilines is 1. The van der Waals surface area contributed by atoms with Crippen molar-refractivity contribution in [2.75, 3.05) is 45.3 Å². The van der Waals surface area contributed by atoms with Gasteiger partial charge in [-0.05, 0) is 61.8 Å². The lowest BCUT2D eigenvalue weighted by atomic mass is 9.91. The summed E-state index contributed by atoms with van der Waals surface area (Å²) < 4.78 is 5.59. The lowest BCUT2D eigenvalue weighted by Gasteiger charge is -2.29. The molecule has 3 heterocycles. The summed E-state index contributed by atoms with van der Waals surface area (Å²) in [4.78, 5) is 23.0. The topological polar surface area (TPSA) is 45.7 Å². The Bertz CT molecular complexity index is 1130. The van der Waals surface area contributed by atoms with Gasteiger partial charge in [0.05, 0.1) is 28.8 Å². The predicted octanol–water partition coefficient (Wildman–Crippen LogP) is 4.89. The third-order valence-electron chi connectivity index (χ3n) is 6.14. The Hall–Kier alpha value is -2.54. The quantitative estimate of drug-likeness (QED) is 0.557. The number of hydrogen-bond donors (Lipinski definition) is 0. The molecule has 0 spiro atoms. The van der Waals surface area contributed by atoms with Gasteiger partial charge in [0.15, 0.2) is 5.78 Å². The molecule has 0 atom stereocenters. The van der Waals surface area contributed by atoms with Gasteiger partial charge in [-0.3, -0.25) is 9.78 Å². The highest BCUT2D eigenvalue weighted by atomic mass is 32.1. The van der Waals surface area contributed by atoms with Crippen molar-refractivity contribution in [3.05, 3.63) is 58.6 Å². The number of thiophene rings is 1. The zero-order chi connectivity index (χ0) is 22.1. The first kappa shape index (κ1) is 21.3. The Kier molecular flexibility index (Phi) is 6.09. The van der Waals surface area contributed by atoms with Crippen LogP contribution in [-0.2, 0) is 17.7 Å². The fourth-order valence-electron chi connectivity index (χ4n) is 4.68. The molecule has 5 nitrogen and oxygen atoms in total. The minimum atomic E-state index is 0.294. The van der Waals surface area contributed by atoms with Crippen LogP contribution < -0.4 is 4.90 Å². The maximum absolute atomic E-state index is 12.7. The molecule has 2 aliphatic rings. The first-order chi connectivity index (χ1) is 15.6. The van der Waals surface area contributed by atoms with Crippen LogP contribution >= 0.6 is 11.3 Å². The zero-order valence-electron chi connectivity index (χ0n) is 18.8. The molecule has 3 aromatic rings. The second kappa shape index (κ2) is 9.14. The molecule has 0 bridgehead atoms. The Labute approximate surface area is 193 Å². The van der Waals surface area contributed by atoms with Gasteiger partial charge in [0, 0.05) is 43.4 Å². The van der Waals surface area contributed by atoms with Crippen molar-refractivity contribution in [2.45, 2.75) is 25.8 Å². The van der Waals surface area contributed by atoms with Crippen LogP contribution in [0.3, 0.4) is 0 Å². The lowest BCUT2D eigenvalue weighted by Crippen LogP contribution is -2.35. The van der Waals surface area contributed by atoms with Crippen molar-refractivity contribution in [1.82, 2.24) is 9.88 Å². The second-order valence-electron chi connectivity index (χ2n) is 8.83. The van der Waals surface area contributed by atoms with E-state index in [1.165, 1.54) is 21.7 Å². The van der Waals surface area contributed by atoms with Crippen LogP contribution in [0.1, 0.15) is 33.6 Å². The van der Waals surface area contributed by atoms with Crippen molar-refractivity contribution >= 4 is 22.1 Å². The Morgan fingerprint density at radius 2 is 1.94 bits per heavy atom. The summed E-state index contributed by atoms with van der Waals surface area (Å²) in [7, 11) is 4.17. The number of hydrogen-bond acceptors (Lipinski definition) is 6. The van der Waals surface area contributed by atoms with Gasteiger partial charge in [0.2, 0.25) is 0 Å². The highest BCUT2D eigenvalue weighted by Gasteiger charge is 2.29. The fourth-order valence-corrected chi connectivity index (χ4v) is 6.07. The molecular formula is C26H29N3O2S. The van der Waals surface area contributed by atoms with Gasteiger partial charge in [-0.2, -0.15) is 0 Å². The van der Waals surface area contributed by atoms with Gasteiger partial charge in [0.1, 0.15) is 0 Å². The van der Waals surface area contributed by atoms with E-state index < -0.39 is 0 Å². The third-order valence-corrected chi connectivity index (χ3v) is 7.47. The molecule has 5 rings (SSSR count). The van der Waals surface area contributed by atoms with Crippen LogP contribution in [0.25, 0.3) is 22.4 Å². The van der Waals surface area contributed by atoms with Gasteiger partial charge in [0.25, 0.3) is 0 Å². The number of fused-ring (bicyclic) bond motifs is 1. The van der Waals surface area contributed by atoms with Crippen molar-refractivity contribution in [1.29, 1.82) is 0 Å². The summed E-state index contributed by atoms with van der Waals surface area (Å²) in [5.41, 5.74) is 6.98. The van der Waals surface area contributed by atoms with E-state index in [4.69, 9.17) is 9.72 Å². The van der Waals surface area contributed by atoms with E-state index in [1.807, 2.05) is 6.20 Å². The number of benzene rings is 1. The molecule has 1 aliphatic heterocycles. The first-order valence-corrected chi connectivity index (χ1v) is 12.1. The smallest absolute Gasteiger partial charge is 0.173 e. The minimum Gasteiger partial charge on any atom is -0.378 e. The van der Waals surface area contributed by atoms with Crippen LogP contribution in [0.4, 0.5) is 5.00 Å². The summed E-state index contributed by atoms with van der Waals surface area (Å²) in [6.45, 7) is 4.09. The van der Waals surface area contributed by atoms with Crippen molar-refractivity contribution < 1.29 is 9.53 Å². The standard InChI is InChI=1S/C26H29N3O2S/c1-28(2)17-18-5-3-6-19(15-18)22-16-20(9-10-27-22)24-21-7-4-8-23(30)25(21)32-26(24)29-11-13-31-14-12-29/h3,5-6,9-10,15-16H,4,7-8,11-14,17H2,1-2H3. The van der Waals surface area contributed by atoms with Gasteiger partial charge in [-0.25, -0.2) is 0 Å². The predicted molar refractivity (Wildman–Crippen MR) is 131 cm³/mol. The Morgan fingerprint density at radius 3 is 2.75 bits per heavy atom. The number of Topliss-reactive ketones (excluding diaryl/α,β-unsaturated/α-hetero) is 1. The van der Waals surface area contributed by atoms with Gasteiger partial charge in [-0.15, -0.1) is 11.3 Å². The Morgan fingerprint density at radius 1 is 1.09 bits per heavy atom. The number of morpholine rings is 1. The van der Waals surface area contributed by atoms with E-state index in [0.717, 1.165) is 67.4 Å². The minimum absolute atomic E-state index is 0.294. The number of aromatic nitrogens is 1. The summed E-state index contributed by atoms with van der Waals surface area (Å²) in [6, 6.07) is 12.9. The third kappa shape index (κ3) is 4.22. The van der Waals surface area contributed by atoms with Crippen molar-refractivity contribution in [2.24, 2.45) is 0 Å². The number of carbonyl (C=O) groups is 1. The molecule has 32 heavy (non-hydrogen) atoms. The van der Waals surface area contributed by atoms with E-state index in [-0.39, 0.29) is 0 Å². The molecule has 6 heteroatoms. The van der Waals surface area contributed by atoms with E-state index in [2.05, 4.69) is 60.3 Å². The molecule has 166 valence electrons. The maximum atomic E-state index is 12.7. The summed E-state index contributed by atoms with van der Waals surface area (Å²) in [5.74, 6) is 0.294. The monoisotopic (exact) mass is 447 g/mol. The molecule has 0 radical (unpaired) electrons. The fraction of sp³-hybridized carbons (Fsp3) is 0.385. The number of nitrogens with zero attached hydrogens (tertiary/aromatic N) is 3. The van der Waals surface area contributed by atoms with Crippen LogP contribution in [0.2, 0.25) is 0 Å². The highest BCUT2D eigenvalue weighted by Crippen LogP contribution is 2.46. The van der Waals surface area contributed by atoms with E-state index in [1.54, 1.807) is 11.3 Å². The molecule has 0 amide bonds. The van der Waals surface area contributed by atoms with E-state index in [0.29, 0.717) is 12.2 Å². The maximum Gasteiger partial charge on any atom is 0.173 e. The summed E-state index contributed by atoms with van der Waals surface area (Å²) in [5, 5.41) is 1.21. The largest absolute Gasteiger partial charge is 0.378 e. The number of ether oxygens (including phenoxy) is 1. The number of carbonyl (C=O) groups excluding carboxylic acids is 1. The summed E-state index contributed by atoms with van der Waals surface area (Å²) in [6.07, 6.45) is 4.46. The first-order valence-electron chi connectivity index (χ1n) is 11.3. The van der Waals surface area contributed by atoms with E-state index in [9.17, 15) is 4.79 Å². The molecule has 1 aromatic carbocycles. The Balaban J connectivity index is 1.59. The molecule has 2 aromatic heterocycles. The van der Waals surface area contributed by atoms with Gasteiger partial charge >= 0.3 is 0 Å². The highest BCUT2D eigenvalue weighted by molar-refractivity contribution is 7.19. The lowest BCUT2D eigenvalue weighted by molar-refractivity contribution is 0.0977. The van der Waals surface area contributed by atoms with Crippen LogP contribution in [-0.4, -0.2) is 56.1 Å². The number of ketones is 1. The second-order valence-corrected chi connectivity index (χ2v) is 9.83. The van der Waals surface area contributed by atoms with Gasteiger partial charge < -0.3 is 14.5 Å². The molecule has 0 unspecified atom stereocenters. The SMILES string of the molecule is CN(C)Cc1cccc(-c2cc(-c3c(N4CCOCC4)sc4c3CCCC4=O)ccn2)c1. The molecule has 1 saturated heterocycles. The van der Waals surface area contributed by atoms with E-state index >= 15 is 0 Å². The number of pyridine rings is 1. The van der Waals surface area contributed by atoms with Crippen LogP contribution in [0, 0.1) is 0 Å². The number of rotatable bonds is 5. The van der Waals surface area contributed by atoms with Crippen LogP contribution in [0.15, 0.2) is 42.6 Å². The molecule has 0 N–H and O–H groups in total.